The lowest BCUT2D eigenvalue weighted by molar-refractivity contribution is -0.136. The molecule has 2 aliphatic heterocycles. The first kappa shape index (κ1) is 22.8. The van der Waals surface area contributed by atoms with Crippen molar-refractivity contribution in [1.29, 1.82) is 0 Å². The number of thioether (sulfide) groups is 1. The van der Waals surface area contributed by atoms with E-state index in [9.17, 15) is 14.0 Å². The van der Waals surface area contributed by atoms with Crippen LogP contribution < -0.4 is 5.32 Å². The number of nitrogens with one attached hydrogen (secondary N) is 1. The smallest absolute Gasteiger partial charge is 0.338 e. The number of methoxy groups -OCH3 is 1. The Morgan fingerprint density at radius 3 is 2.67 bits per heavy atom. The summed E-state index contributed by atoms with van der Waals surface area (Å²) in [6.45, 7) is 2.33. The Labute approximate surface area is 196 Å². The number of amides is 1. The van der Waals surface area contributed by atoms with Crippen LogP contribution in [0, 0.1) is 5.82 Å². The average Bonchev–Trinajstić information content (AvgIpc) is 3.23. The van der Waals surface area contributed by atoms with E-state index in [-0.39, 0.29) is 12.3 Å². The molecule has 170 valence electrons. The minimum Gasteiger partial charge on any atom is -0.466 e. The van der Waals surface area contributed by atoms with Gasteiger partial charge in [0.1, 0.15) is 5.82 Å². The molecule has 6 nitrogen and oxygen atoms in total. The number of halogens is 1. The Kier molecular flexibility index (Phi) is 6.93. The fourth-order valence-corrected chi connectivity index (χ4v) is 4.87. The van der Waals surface area contributed by atoms with Gasteiger partial charge in [-0.2, -0.15) is 0 Å². The lowest BCUT2D eigenvalue weighted by atomic mass is 9.93. The molecule has 0 radical (unpaired) electrons. The molecule has 1 atom stereocenters. The lowest BCUT2D eigenvalue weighted by Gasteiger charge is -2.36. The zero-order valence-electron chi connectivity index (χ0n) is 18.4. The molecule has 0 fully saturated rings. The van der Waals surface area contributed by atoms with Gasteiger partial charge in [-0.3, -0.25) is 4.79 Å². The molecule has 4 rings (SSSR count). The normalized spacial score (nSPS) is 17.3. The monoisotopic (exact) mass is 465 g/mol. The number of carbonyl (C=O) groups excluding carboxylic acids is 2. The average molecular weight is 466 g/mol. The van der Waals surface area contributed by atoms with Crippen molar-refractivity contribution < 1.29 is 18.7 Å². The molecule has 2 aromatic rings. The van der Waals surface area contributed by atoms with Crippen molar-refractivity contribution in [3.05, 3.63) is 93.9 Å². The zero-order chi connectivity index (χ0) is 23.4. The quantitative estimate of drug-likeness (QED) is 0.602. The predicted octanol–water partition coefficient (Wildman–Crippen LogP) is 4.67. The highest BCUT2D eigenvalue weighted by Gasteiger charge is 2.41. The minimum absolute atomic E-state index is 0.0978. The number of fused-ring (bicyclic) bond motifs is 1. The Bertz CT molecular complexity index is 1160. The Hall–Kier alpha value is -3.39. The summed E-state index contributed by atoms with van der Waals surface area (Å²) in [5.74, 6) is -1.08. The summed E-state index contributed by atoms with van der Waals surface area (Å²) in [5, 5.41) is 5.45. The fraction of sp³-hybridized carbons (Fsp3) is 0.240. The standard InChI is InChI=1S/C25H24FN3O3S/c1-3-20-22(24(31)32-2)23(17-10-7-11-18(26)12-17)29-19(15-33-25(29)28-20)13-21(30)27-14-16-8-5-4-6-9-16/h4-12,15,23H,3,13-14H2,1-2H3,(H,27,30). The molecule has 8 heteroatoms. The van der Waals surface area contributed by atoms with Crippen LogP contribution in [0.2, 0.25) is 0 Å². The predicted molar refractivity (Wildman–Crippen MR) is 126 cm³/mol. The molecule has 0 aromatic heterocycles. The number of benzene rings is 2. The second-order valence-corrected chi connectivity index (χ2v) is 8.43. The second-order valence-electron chi connectivity index (χ2n) is 7.59. The second kappa shape index (κ2) is 10.0. The molecule has 1 amide bonds. The van der Waals surface area contributed by atoms with E-state index in [0.717, 1.165) is 5.56 Å². The summed E-state index contributed by atoms with van der Waals surface area (Å²) in [4.78, 5) is 32.1. The van der Waals surface area contributed by atoms with Crippen molar-refractivity contribution in [1.82, 2.24) is 10.2 Å². The van der Waals surface area contributed by atoms with Crippen LogP contribution in [0.15, 0.2) is 82.0 Å². The van der Waals surface area contributed by atoms with E-state index in [1.165, 1.54) is 31.0 Å². The van der Waals surface area contributed by atoms with Crippen molar-refractivity contribution in [2.24, 2.45) is 4.99 Å². The maximum Gasteiger partial charge on any atom is 0.338 e. The van der Waals surface area contributed by atoms with Gasteiger partial charge in [-0.1, -0.05) is 61.2 Å². The third kappa shape index (κ3) is 4.85. The summed E-state index contributed by atoms with van der Waals surface area (Å²) in [7, 11) is 1.32. The van der Waals surface area contributed by atoms with Gasteiger partial charge < -0.3 is 15.0 Å². The van der Waals surface area contributed by atoms with Gasteiger partial charge in [0.2, 0.25) is 5.91 Å². The molecule has 1 N–H and O–H groups in total. The molecule has 33 heavy (non-hydrogen) atoms. The molecule has 0 spiro atoms. The van der Waals surface area contributed by atoms with Crippen LogP contribution in [0.4, 0.5) is 4.39 Å². The van der Waals surface area contributed by atoms with E-state index < -0.39 is 17.8 Å². The number of esters is 1. The molecule has 0 bridgehead atoms. The van der Waals surface area contributed by atoms with Crippen LogP contribution in [0.5, 0.6) is 0 Å². The number of nitrogens with zero attached hydrogens (tertiary/aromatic N) is 2. The molecule has 2 aromatic carbocycles. The van der Waals surface area contributed by atoms with Crippen molar-refractivity contribution in [2.45, 2.75) is 32.4 Å². The summed E-state index contributed by atoms with van der Waals surface area (Å²) < 4.78 is 19.2. The highest BCUT2D eigenvalue weighted by Crippen LogP contribution is 2.45. The Balaban J connectivity index is 1.64. The summed E-state index contributed by atoms with van der Waals surface area (Å²) in [5.41, 5.74) is 3.23. The van der Waals surface area contributed by atoms with E-state index in [0.29, 0.717) is 40.7 Å². The van der Waals surface area contributed by atoms with E-state index in [2.05, 4.69) is 10.3 Å². The first-order valence-corrected chi connectivity index (χ1v) is 11.5. The van der Waals surface area contributed by atoms with Gasteiger partial charge in [0.25, 0.3) is 0 Å². The van der Waals surface area contributed by atoms with Crippen LogP contribution in [-0.4, -0.2) is 29.1 Å². The summed E-state index contributed by atoms with van der Waals surface area (Å²) >= 11 is 1.39. The van der Waals surface area contributed by atoms with Crippen LogP contribution in [-0.2, 0) is 20.9 Å². The van der Waals surface area contributed by atoms with E-state index >= 15 is 0 Å². The van der Waals surface area contributed by atoms with Crippen molar-refractivity contribution in [3.63, 3.8) is 0 Å². The number of rotatable bonds is 7. The number of hydrogen-bond acceptors (Lipinski definition) is 6. The van der Waals surface area contributed by atoms with Gasteiger partial charge in [-0.25, -0.2) is 14.2 Å². The van der Waals surface area contributed by atoms with Crippen molar-refractivity contribution in [3.8, 4) is 0 Å². The highest BCUT2D eigenvalue weighted by molar-refractivity contribution is 8.16. The van der Waals surface area contributed by atoms with Crippen LogP contribution in [0.1, 0.15) is 36.9 Å². The number of hydrogen-bond donors (Lipinski definition) is 1. The molecule has 0 saturated heterocycles. The topological polar surface area (TPSA) is 71.0 Å². The Morgan fingerprint density at radius 2 is 1.97 bits per heavy atom. The number of ether oxygens (including phenoxy) is 1. The molecule has 2 heterocycles. The maximum absolute atomic E-state index is 14.2. The van der Waals surface area contributed by atoms with Gasteiger partial charge >= 0.3 is 5.97 Å². The van der Waals surface area contributed by atoms with Crippen LogP contribution in [0.25, 0.3) is 0 Å². The zero-order valence-corrected chi connectivity index (χ0v) is 19.2. The largest absolute Gasteiger partial charge is 0.466 e. The van der Waals surface area contributed by atoms with E-state index in [1.54, 1.807) is 12.1 Å². The molecule has 1 unspecified atom stereocenters. The maximum atomic E-state index is 14.2. The van der Waals surface area contributed by atoms with E-state index in [1.807, 2.05) is 47.6 Å². The van der Waals surface area contributed by atoms with Crippen LogP contribution in [0.3, 0.4) is 0 Å². The first-order valence-electron chi connectivity index (χ1n) is 10.6. The van der Waals surface area contributed by atoms with Gasteiger partial charge in [-0.05, 0) is 35.1 Å². The number of allylic oxidation sites excluding steroid dienone is 1. The molecule has 2 aliphatic rings. The number of amidine groups is 1. The molecular formula is C25H24FN3O3S. The van der Waals surface area contributed by atoms with Gasteiger partial charge in [0.05, 0.1) is 30.8 Å². The molecule has 0 saturated carbocycles. The first-order chi connectivity index (χ1) is 16.0. The van der Waals surface area contributed by atoms with Gasteiger partial charge in [0.15, 0.2) is 5.17 Å². The summed E-state index contributed by atoms with van der Waals surface area (Å²) in [6, 6.07) is 15.1. The SMILES string of the molecule is CCC1=C(C(=O)OC)C(c2cccc(F)c2)N2C(CC(=O)NCc3ccccc3)=CSC2=N1. The summed E-state index contributed by atoms with van der Waals surface area (Å²) in [6.07, 6.45) is 0.613. The lowest BCUT2D eigenvalue weighted by Crippen LogP contribution is -2.38. The highest BCUT2D eigenvalue weighted by atomic mass is 32.2. The third-order valence-electron chi connectivity index (χ3n) is 5.47. The van der Waals surface area contributed by atoms with Crippen molar-refractivity contribution >= 4 is 28.8 Å². The third-order valence-corrected chi connectivity index (χ3v) is 6.36. The number of carbonyl (C=O) groups is 2. The van der Waals surface area contributed by atoms with E-state index in [4.69, 9.17) is 4.74 Å². The minimum atomic E-state index is -0.640. The molecular weight excluding hydrogens is 441 g/mol. The Morgan fingerprint density at radius 1 is 1.18 bits per heavy atom. The number of aliphatic imine (C=N–C) groups is 1. The van der Waals surface area contributed by atoms with Gasteiger partial charge in [0, 0.05) is 12.2 Å². The molecule has 0 aliphatic carbocycles. The fourth-order valence-electron chi connectivity index (χ4n) is 3.93. The van der Waals surface area contributed by atoms with Crippen molar-refractivity contribution in [2.75, 3.05) is 7.11 Å². The van der Waals surface area contributed by atoms with Gasteiger partial charge in [-0.15, -0.1) is 0 Å². The van der Waals surface area contributed by atoms with Crippen LogP contribution >= 0.6 is 11.8 Å².